The predicted octanol–water partition coefficient (Wildman–Crippen LogP) is 3.48. The van der Waals surface area contributed by atoms with Crippen molar-refractivity contribution in [2.45, 2.75) is 31.6 Å². The number of thioether (sulfide) groups is 1. The van der Waals surface area contributed by atoms with Crippen LogP contribution < -0.4 is 5.56 Å². The van der Waals surface area contributed by atoms with Gasteiger partial charge in [-0.1, -0.05) is 36.0 Å². The van der Waals surface area contributed by atoms with E-state index in [4.69, 9.17) is 0 Å². The lowest BCUT2D eigenvalue weighted by molar-refractivity contribution is 0.243. The Bertz CT molecular complexity index is 995. The van der Waals surface area contributed by atoms with Gasteiger partial charge in [0.15, 0.2) is 5.16 Å². The Kier molecular flexibility index (Phi) is 4.93. The van der Waals surface area contributed by atoms with E-state index < -0.39 is 0 Å². The molecular formula is C19H20N4OS2. The quantitative estimate of drug-likeness (QED) is 0.551. The maximum Gasteiger partial charge on any atom is 0.256 e. The van der Waals surface area contributed by atoms with Gasteiger partial charge < -0.3 is 4.98 Å². The lowest BCUT2D eigenvalue weighted by Gasteiger charge is -2.26. The normalized spacial score (nSPS) is 14.4. The molecule has 0 atom stereocenters. The molecule has 0 amide bonds. The van der Waals surface area contributed by atoms with Crippen LogP contribution in [0.25, 0.3) is 10.6 Å². The largest absolute Gasteiger partial charge is 0.301 e. The molecule has 3 heterocycles. The van der Waals surface area contributed by atoms with Crippen molar-refractivity contribution in [1.29, 1.82) is 0 Å². The van der Waals surface area contributed by atoms with Crippen LogP contribution in [0.2, 0.25) is 0 Å². The first-order chi connectivity index (χ1) is 12.6. The molecule has 4 rings (SSSR count). The lowest BCUT2D eigenvalue weighted by atomic mass is 10.1. The number of aromatic amines is 1. The second-order valence-electron chi connectivity index (χ2n) is 6.41. The van der Waals surface area contributed by atoms with E-state index in [0.717, 1.165) is 35.8 Å². The second kappa shape index (κ2) is 7.34. The van der Waals surface area contributed by atoms with Gasteiger partial charge in [-0.15, -0.1) is 11.3 Å². The van der Waals surface area contributed by atoms with Gasteiger partial charge in [0.05, 0.1) is 11.3 Å². The Hall–Kier alpha value is -1.96. The van der Waals surface area contributed by atoms with Crippen LogP contribution in [0.3, 0.4) is 0 Å². The molecule has 0 unspecified atom stereocenters. The summed E-state index contributed by atoms with van der Waals surface area (Å²) >= 11 is 3.20. The molecule has 134 valence electrons. The topological polar surface area (TPSA) is 61.9 Å². The highest BCUT2D eigenvalue weighted by Crippen LogP contribution is 2.29. The maximum absolute atomic E-state index is 12.3. The third-order valence-corrected chi connectivity index (χ3v) is 6.22. The fraction of sp³-hybridized carbons (Fsp3) is 0.316. The summed E-state index contributed by atoms with van der Waals surface area (Å²) in [5, 5.41) is 1.76. The second-order valence-corrected chi connectivity index (χ2v) is 8.32. The molecule has 0 saturated carbocycles. The Morgan fingerprint density at radius 2 is 2.19 bits per heavy atom. The average molecular weight is 385 g/mol. The zero-order valence-corrected chi connectivity index (χ0v) is 16.4. The van der Waals surface area contributed by atoms with Gasteiger partial charge in [0.1, 0.15) is 5.01 Å². The predicted molar refractivity (Wildman–Crippen MR) is 107 cm³/mol. The number of thiazole rings is 1. The van der Waals surface area contributed by atoms with Crippen LogP contribution in [0.5, 0.6) is 0 Å². The first kappa shape index (κ1) is 17.5. The van der Waals surface area contributed by atoms with E-state index in [0.29, 0.717) is 11.7 Å². The molecule has 2 aromatic heterocycles. The molecule has 5 nitrogen and oxygen atoms in total. The fourth-order valence-corrected chi connectivity index (χ4v) is 4.67. The maximum atomic E-state index is 12.3. The van der Waals surface area contributed by atoms with Crippen LogP contribution in [-0.2, 0) is 19.5 Å². The fourth-order valence-electron chi connectivity index (χ4n) is 3.23. The van der Waals surface area contributed by atoms with Crippen LogP contribution in [0, 0.1) is 6.92 Å². The number of aromatic nitrogens is 3. The average Bonchev–Trinajstić information content (AvgIpc) is 3.10. The lowest BCUT2D eigenvalue weighted by Crippen LogP contribution is -2.35. The van der Waals surface area contributed by atoms with E-state index in [1.165, 1.54) is 27.8 Å². The number of H-pyrrole nitrogens is 1. The van der Waals surface area contributed by atoms with Gasteiger partial charge in [-0.3, -0.25) is 9.69 Å². The van der Waals surface area contributed by atoms with Gasteiger partial charge in [0, 0.05) is 42.7 Å². The number of fused-ring (bicyclic) bond motifs is 1. The van der Waals surface area contributed by atoms with E-state index in [1.54, 1.807) is 11.3 Å². The van der Waals surface area contributed by atoms with Gasteiger partial charge in [-0.05, 0) is 18.7 Å². The molecule has 0 bridgehead atoms. The number of nitrogens with zero attached hydrogens (tertiary/aromatic N) is 3. The summed E-state index contributed by atoms with van der Waals surface area (Å²) < 4.78 is 0. The zero-order valence-electron chi connectivity index (χ0n) is 14.8. The molecule has 1 aliphatic rings. The van der Waals surface area contributed by atoms with E-state index >= 15 is 0 Å². The smallest absolute Gasteiger partial charge is 0.256 e. The summed E-state index contributed by atoms with van der Waals surface area (Å²) in [6.45, 7) is 4.48. The van der Waals surface area contributed by atoms with Crippen molar-refractivity contribution in [2.75, 3.05) is 12.8 Å². The number of aryl methyl sites for hydroxylation is 1. The minimum absolute atomic E-state index is 0.00560. The molecule has 1 aromatic carbocycles. The molecule has 0 radical (unpaired) electrons. The van der Waals surface area contributed by atoms with Crippen molar-refractivity contribution in [3.05, 3.63) is 62.5 Å². The summed E-state index contributed by atoms with van der Waals surface area (Å²) in [6, 6.07) is 8.32. The Morgan fingerprint density at radius 1 is 1.35 bits per heavy atom. The van der Waals surface area contributed by atoms with Crippen LogP contribution in [0.4, 0.5) is 0 Å². The highest BCUT2D eigenvalue weighted by Gasteiger charge is 2.22. The number of hydrogen-bond acceptors (Lipinski definition) is 6. The molecule has 0 fully saturated rings. The number of benzene rings is 1. The van der Waals surface area contributed by atoms with Gasteiger partial charge in [0.25, 0.3) is 5.56 Å². The number of rotatable bonds is 4. The van der Waals surface area contributed by atoms with Crippen molar-refractivity contribution in [3.8, 4) is 10.6 Å². The monoisotopic (exact) mass is 384 g/mol. The van der Waals surface area contributed by atoms with Crippen molar-refractivity contribution in [1.82, 2.24) is 19.9 Å². The minimum atomic E-state index is -0.00560. The van der Waals surface area contributed by atoms with Gasteiger partial charge in [-0.25, -0.2) is 9.97 Å². The number of nitrogens with one attached hydrogen (secondary N) is 1. The molecule has 1 aliphatic heterocycles. The first-order valence-electron chi connectivity index (χ1n) is 8.53. The first-order valence-corrected chi connectivity index (χ1v) is 10.6. The van der Waals surface area contributed by atoms with Crippen molar-refractivity contribution >= 4 is 23.1 Å². The molecule has 0 spiro atoms. The molecule has 1 N–H and O–H groups in total. The SMILES string of the molecule is CSc1nc2c(c(=O)[nH]1)CN(Cc1cnc(-c3ccccc3C)s1)CC2. The summed E-state index contributed by atoms with van der Waals surface area (Å²) in [5.74, 6) is 0. The van der Waals surface area contributed by atoms with Gasteiger partial charge in [0.2, 0.25) is 0 Å². The number of hydrogen-bond donors (Lipinski definition) is 1. The molecule has 7 heteroatoms. The molecule has 3 aromatic rings. The van der Waals surface area contributed by atoms with Crippen LogP contribution in [0.15, 0.2) is 40.4 Å². The standard InChI is InChI=1S/C19H20N4OS2/c1-12-5-3-4-6-14(12)18-20-9-13(26-18)10-23-8-7-16-15(11-23)17(24)22-19(21-16)25-2/h3-6,9H,7-8,10-11H2,1-2H3,(H,21,22,24). The summed E-state index contributed by atoms with van der Waals surface area (Å²) in [5.41, 5.74) is 4.17. The Balaban J connectivity index is 1.51. The van der Waals surface area contributed by atoms with E-state index in [1.807, 2.05) is 24.6 Å². The molecular weight excluding hydrogens is 364 g/mol. The summed E-state index contributed by atoms with van der Waals surface area (Å²) in [7, 11) is 0. The third kappa shape index (κ3) is 3.47. The van der Waals surface area contributed by atoms with E-state index in [9.17, 15) is 4.79 Å². The minimum Gasteiger partial charge on any atom is -0.301 e. The Labute approximate surface area is 160 Å². The molecule has 0 saturated heterocycles. The molecule has 0 aliphatic carbocycles. The van der Waals surface area contributed by atoms with Crippen LogP contribution in [-0.4, -0.2) is 32.7 Å². The zero-order chi connectivity index (χ0) is 18.1. The highest BCUT2D eigenvalue weighted by molar-refractivity contribution is 7.98. The summed E-state index contributed by atoms with van der Waals surface area (Å²) in [6.07, 6.45) is 4.70. The van der Waals surface area contributed by atoms with Crippen molar-refractivity contribution in [2.24, 2.45) is 0 Å². The van der Waals surface area contributed by atoms with Gasteiger partial charge >= 0.3 is 0 Å². The van der Waals surface area contributed by atoms with Gasteiger partial charge in [-0.2, -0.15) is 0 Å². The Morgan fingerprint density at radius 3 is 3.00 bits per heavy atom. The third-order valence-electron chi connectivity index (χ3n) is 4.63. The highest BCUT2D eigenvalue weighted by atomic mass is 32.2. The van der Waals surface area contributed by atoms with E-state index in [2.05, 4.69) is 38.9 Å². The van der Waals surface area contributed by atoms with E-state index in [-0.39, 0.29) is 5.56 Å². The van der Waals surface area contributed by atoms with Crippen molar-refractivity contribution in [3.63, 3.8) is 0 Å². The van der Waals surface area contributed by atoms with Crippen molar-refractivity contribution < 1.29 is 0 Å². The van der Waals surface area contributed by atoms with Crippen LogP contribution >= 0.6 is 23.1 Å². The van der Waals surface area contributed by atoms with Crippen LogP contribution in [0.1, 0.15) is 21.7 Å². The summed E-state index contributed by atoms with van der Waals surface area (Å²) in [4.78, 5) is 27.9. The molecule has 26 heavy (non-hydrogen) atoms.